The molecule has 0 aliphatic carbocycles. The van der Waals surface area contributed by atoms with Gasteiger partial charge in [-0.1, -0.05) is 6.92 Å². The molecule has 16 heavy (non-hydrogen) atoms. The molecule has 0 saturated carbocycles. The molecule has 3 nitrogen and oxygen atoms in total. The predicted molar refractivity (Wildman–Crippen MR) is 74.4 cm³/mol. The van der Waals surface area contributed by atoms with E-state index in [-0.39, 0.29) is 5.56 Å². The Labute approximate surface area is 111 Å². The van der Waals surface area contributed by atoms with Crippen LogP contribution in [0.2, 0.25) is 0 Å². The maximum absolute atomic E-state index is 11.7. The van der Waals surface area contributed by atoms with Gasteiger partial charge >= 0.3 is 0 Å². The van der Waals surface area contributed by atoms with E-state index in [0.717, 1.165) is 17.3 Å². The second kappa shape index (κ2) is 5.14. The highest BCUT2D eigenvalue weighted by Crippen LogP contribution is 2.40. The number of H-pyrrole nitrogens is 1. The zero-order valence-electron chi connectivity index (χ0n) is 9.12. The molecule has 2 heterocycles. The fraction of sp³-hybridized carbons (Fsp3) is 0.600. The number of hydrogen-bond donors (Lipinski definition) is 1. The zero-order chi connectivity index (χ0) is 11.7. The molecule has 2 rings (SSSR count). The van der Waals surface area contributed by atoms with Gasteiger partial charge < -0.3 is 4.98 Å². The van der Waals surface area contributed by atoms with E-state index in [9.17, 15) is 4.79 Å². The zero-order valence-corrected chi connectivity index (χ0v) is 12.3. The monoisotopic (exact) mass is 320 g/mol. The van der Waals surface area contributed by atoms with Crippen LogP contribution in [0.3, 0.4) is 0 Å². The van der Waals surface area contributed by atoms with Gasteiger partial charge in [0.15, 0.2) is 0 Å². The van der Waals surface area contributed by atoms with Crippen LogP contribution in [0.25, 0.3) is 0 Å². The van der Waals surface area contributed by atoms with E-state index in [0.29, 0.717) is 15.0 Å². The highest BCUT2D eigenvalue weighted by Gasteiger charge is 2.26. The van der Waals surface area contributed by atoms with E-state index in [2.05, 4.69) is 32.8 Å². The highest BCUT2D eigenvalue weighted by atomic mass is 79.9. The summed E-state index contributed by atoms with van der Waals surface area (Å²) in [6, 6.07) is 0. The first-order valence-corrected chi connectivity index (χ1v) is 7.98. The second-order valence-corrected chi connectivity index (χ2v) is 7.25. The highest BCUT2D eigenvalue weighted by molar-refractivity contribution is 9.10. The van der Waals surface area contributed by atoms with Gasteiger partial charge in [0.25, 0.3) is 5.56 Å². The van der Waals surface area contributed by atoms with Crippen LogP contribution in [0.4, 0.5) is 0 Å². The first-order valence-electron chi connectivity index (χ1n) is 5.09. The maximum atomic E-state index is 11.7. The Hall–Kier alpha value is 0.0600. The molecule has 1 saturated heterocycles. The Morgan fingerprint density at radius 2 is 2.12 bits per heavy atom. The smallest absolute Gasteiger partial charge is 0.265 e. The molecule has 1 aliphatic rings. The second-order valence-electron chi connectivity index (χ2n) is 3.72. The summed E-state index contributed by atoms with van der Waals surface area (Å²) >= 11 is 7.06. The molecule has 2 atom stereocenters. The van der Waals surface area contributed by atoms with Gasteiger partial charge in [0.1, 0.15) is 10.3 Å². The minimum absolute atomic E-state index is 0.0779. The molecule has 0 aromatic carbocycles. The van der Waals surface area contributed by atoms with Gasteiger partial charge in [-0.2, -0.15) is 11.8 Å². The van der Waals surface area contributed by atoms with Crippen molar-refractivity contribution >= 4 is 39.5 Å². The quantitative estimate of drug-likeness (QED) is 0.864. The van der Waals surface area contributed by atoms with Crippen LogP contribution in [0.5, 0.6) is 0 Å². The van der Waals surface area contributed by atoms with E-state index in [1.165, 1.54) is 5.75 Å². The van der Waals surface area contributed by atoms with Crippen LogP contribution in [-0.2, 0) is 0 Å². The number of aromatic nitrogens is 2. The SMILES string of the molecule is Cc1nc(C2SCCSC2C)[nH]c(=O)c1Br. The van der Waals surface area contributed by atoms with Crippen molar-refractivity contribution in [3.05, 3.63) is 26.3 Å². The molecule has 1 aromatic heterocycles. The van der Waals surface area contributed by atoms with Gasteiger partial charge in [0, 0.05) is 16.8 Å². The molecule has 0 spiro atoms. The lowest BCUT2D eigenvalue weighted by Gasteiger charge is -2.27. The van der Waals surface area contributed by atoms with E-state index < -0.39 is 0 Å². The van der Waals surface area contributed by atoms with E-state index in [1.54, 1.807) is 0 Å². The van der Waals surface area contributed by atoms with Crippen molar-refractivity contribution in [2.45, 2.75) is 24.3 Å². The number of thioether (sulfide) groups is 2. The summed E-state index contributed by atoms with van der Waals surface area (Å²) in [7, 11) is 0. The maximum Gasteiger partial charge on any atom is 0.265 e. The molecule has 0 radical (unpaired) electrons. The van der Waals surface area contributed by atoms with Crippen LogP contribution in [0.15, 0.2) is 9.27 Å². The van der Waals surface area contributed by atoms with Gasteiger partial charge in [-0.3, -0.25) is 4.79 Å². The summed E-state index contributed by atoms with van der Waals surface area (Å²) in [5, 5.41) is 0.806. The Balaban J connectivity index is 2.36. The third kappa shape index (κ3) is 2.49. The molecule has 1 aromatic rings. The summed E-state index contributed by atoms with van der Waals surface area (Å²) in [5.74, 6) is 3.12. The topological polar surface area (TPSA) is 45.8 Å². The number of hydrogen-bond acceptors (Lipinski definition) is 4. The van der Waals surface area contributed by atoms with Crippen molar-refractivity contribution in [1.82, 2.24) is 9.97 Å². The van der Waals surface area contributed by atoms with Crippen molar-refractivity contribution in [3.63, 3.8) is 0 Å². The lowest BCUT2D eigenvalue weighted by atomic mass is 10.3. The molecule has 2 unspecified atom stereocenters. The van der Waals surface area contributed by atoms with Crippen LogP contribution >= 0.6 is 39.5 Å². The van der Waals surface area contributed by atoms with Gasteiger partial charge in [-0.25, -0.2) is 4.98 Å². The molecule has 1 fully saturated rings. The Morgan fingerprint density at radius 1 is 1.44 bits per heavy atom. The number of aromatic amines is 1. The first kappa shape index (κ1) is 12.5. The molecule has 1 N–H and O–H groups in total. The number of nitrogens with one attached hydrogen (secondary N) is 1. The minimum Gasteiger partial charge on any atom is -0.309 e. The number of rotatable bonds is 1. The Bertz CT molecular complexity index is 449. The fourth-order valence-corrected chi connectivity index (χ4v) is 4.56. The van der Waals surface area contributed by atoms with Gasteiger partial charge in [0.2, 0.25) is 0 Å². The summed E-state index contributed by atoms with van der Waals surface area (Å²) in [5.41, 5.74) is 0.688. The standard InChI is InChI=1S/C10H13BrN2OS2/c1-5-7(11)10(14)13-9(12-5)8-6(2)15-3-4-16-8/h6,8H,3-4H2,1-2H3,(H,12,13,14). The normalized spacial score (nSPS) is 25.7. The lowest BCUT2D eigenvalue weighted by molar-refractivity contribution is 0.801. The van der Waals surface area contributed by atoms with Crippen molar-refractivity contribution in [2.24, 2.45) is 0 Å². The number of nitrogens with zero attached hydrogens (tertiary/aromatic N) is 1. The number of halogens is 1. The third-order valence-corrected chi connectivity index (χ3v) is 6.54. The largest absolute Gasteiger partial charge is 0.309 e. The summed E-state index contributed by atoms with van der Waals surface area (Å²) < 4.78 is 0.539. The Kier molecular flexibility index (Phi) is 4.02. The van der Waals surface area contributed by atoms with Crippen molar-refractivity contribution in [1.29, 1.82) is 0 Å². The molecule has 6 heteroatoms. The predicted octanol–water partition coefficient (Wildman–Crippen LogP) is 2.75. The number of aryl methyl sites for hydroxylation is 1. The molecular formula is C10H13BrN2OS2. The van der Waals surface area contributed by atoms with Gasteiger partial charge in [-0.15, -0.1) is 11.8 Å². The first-order chi connectivity index (χ1) is 7.59. The average molecular weight is 321 g/mol. The Morgan fingerprint density at radius 3 is 2.75 bits per heavy atom. The van der Waals surface area contributed by atoms with Gasteiger partial charge in [-0.05, 0) is 22.9 Å². The van der Waals surface area contributed by atoms with Crippen LogP contribution in [0, 0.1) is 6.92 Å². The van der Waals surface area contributed by atoms with E-state index >= 15 is 0 Å². The van der Waals surface area contributed by atoms with Crippen molar-refractivity contribution < 1.29 is 0 Å². The third-order valence-electron chi connectivity index (χ3n) is 2.50. The summed E-state index contributed by atoms with van der Waals surface area (Å²) in [6.45, 7) is 4.05. The summed E-state index contributed by atoms with van der Waals surface area (Å²) in [4.78, 5) is 19.0. The van der Waals surface area contributed by atoms with E-state index in [1.807, 2.05) is 30.4 Å². The fourth-order valence-electron chi connectivity index (χ4n) is 1.66. The minimum atomic E-state index is -0.0779. The van der Waals surface area contributed by atoms with Crippen LogP contribution in [0.1, 0.15) is 23.7 Å². The molecule has 0 bridgehead atoms. The van der Waals surface area contributed by atoms with Crippen molar-refractivity contribution in [2.75, 3.05) is 11.5 Å². The molecular weight excluding hydrogens is 308 g/mol. The molecule has 0 amide bonds. The molecule has 1 aliphatic heterocycles. The van der Waals surface area contributed by atoms with E-state index in [4.69, 9.17) is 0 Å². The summed E-state index contributed by atoms with van der Waals surface area (Å²) in [6.07, 6.45) is 0. The van der Waals surface area contributed by atoms with Crippen LogP contribution in [-0.4, -0.2) is 26.7 Å². The lowest BCUT2D eigenvalue weighted by Crippen LogP contribution is -2.22. The average Bonchev–Trinajstić information content (AvgIpc) is 2.26. The van der Waals surface area contributed by atoms with Gasteiger partial charge in [0.05, 0.1) is 10.9 Å². The van der Waals surface area contributed by atoms with Crippen LogP contribution < -0.4 is 5.56 Å². The molecule has 88 valence electrons. The van der Waals surface area contributed by atoms with Crippen molar-refractivity contribution in [3.8, 4) is 0 Å².